The van der Waals surface area contributed by atoms with Crippen LogP contribution in [0, 0.1) is 0 Å². The van der Waals surface area contributed by atoms with Crippen LogP contribution in [0.1, 0.15) is 11.3 Å². The molecule has 0 radical (unpaired) electrons. The zero-order valence-electron chi connectivity index (χ0n) is 16.6. The number of nitrogens with one attached hydrogen (secondary N) is 1. The molecule has 0 aliphatic carbocycles. The van der Waals surface area contributed by atoms with Crippen LogP contribution >= 0.6 is 11.3 Å². The highest BCUT2D eigenvalue weighted by Gasteiger charge is 2.49. The molecule has 176 valence electrons. The summed E-state index contributed by atoms with van der Waals surface area (Å²) in [5, 5.41) is 8.99. The zero-order chi connectivity index (χ0) is 23.8. The Bertz CT molecular complexity index is 1340. The maximum atomic E-state index is 14.2. The fourth-order valence-electron chi connectivity index (χ4n) is 3.30. The summed E-state index contributed by atoms with van der Waals surface area (Å²) in [6.07, 6.45) is 2.09. The molecule has 0 bridgehead atoms. The van der Waals surface area contributed by atoms with Gasteiger partial charge in [0.1, 0.15) is 17.2 Å². The van der Waals surface area contributed by atoms with Crippen LogP contribution in [-0.2, 0) is 23.1 Å². The standard InChI is InChI=1S/C19H15F5N4O3S2/c20-4-1-11(21)9-14-16(15-10-12-2-5-25-6-7-28(12)27-15)26-18(13-3-8-32-17(13)14)31-33(29,30)19(22,23)24/h1,3-4,8-10,25H,2,5-7H2/b4-1+,11-9?. The van der Waals surface area contributed by atoms with Gasteiger partial charge in [-0.2, -0.15) is 26.7 Å². The molecular weight excluding hydrogens is 491 g/mol. The number of hydrogen-bond donors (Lipinski definition) is 1. The highest BCUT2D eigenvalue weighted by atomic mass is 32.2. The molecule has 0 amide bonds. The van der Waals surface area contributed by atoms with Gasteiger partial charge in [0.15, 0.2) is 0 Å². The maximum absolute atomic E-state index is 14.2. The number of hydrogen-bond acceptors (Lipinski definition) is 7. The molecule has 3 aromatic heterocycles. The second-order valence-corrected chi connectivity index (χ2v) is 9.35. The Labute approximate surface area is 188 Å². The normalized spacial score (nSPS) is 15.7. The van der Waals surface area contributed by atoms with Crippen LogP contribution in [0.15, 0.2) is 35.7 Å². The van der Waals surface area contributed by atoms with E-state index in [2.05, 4.69) is 19.6 Å². The van der Waals surface area contributed by atoms with Crippen LogP contribution in [0.3, 0.4) is 0 Å². The summed E-state index contributed by atoms with van der Waals surface area (Å²) in [6, 6.07) is 2.93. The lowest BCUT2D eigenvalue weighted by molar-refractivity contribution is -0.0500. The first kappa shape index (κ1) is 23.3. The second kappa shape index (κ2) is 8.83. The summed E-state index contributed by atoms with van der Waals surface area (Å²) in [6.45, 7) is 1.81. The molecule has 0 unspecified atom stereocenters. The van der Waals surface area contributed by atoms with Crippen LogP contribution in [0.2, 0.25) is 0 Å². The number of halogens is 5. The molecule has 4 heterocycles. The van der Waals surface area contributed by atoms with E-state index < -0.39 is 27.3 Å². The number of fused-ring (bicyclic) bond motifs is 2. The highest BCUT2D eigenvalue weighted by molar-refractivity contribution is 7.88. The summed E-state index contributed by atoms with van der Waals surface area (Å²) in [4.78, 5) is 4.01. The summed E-state index contributed by atoms with van der Waals surface area (Å²) in [5.74, 6) is -1.81. The molecule has 1 N–H and O–H groups in total. The molecular formula is C19H15F5N4O3S2. The van der Waals surface area contributed by atoms with E-state index in [-0.39, 0.29) is 33.4 Å². The summed E-state index contributed by atoms with van der Waals surface area (Å²) < 4.78 is 95.0. The zero-order valence-corrected chi connectivity index (χ0v) is 18.2. The number of rotatable bonds is 5. The van der Waals surface area contributed by atoms with Gasteiger partial charge in [-0.25, -0.2) is 13.8 Å². The van der Waals surface area contributed by atoms with Gasteiger partial charge in [-0.3, -0.25) is 4.68 Å². The molecule has 0 spiro atoms. The van der Waals surface area contributed by atoms with Gasteiger partial charge in [0.05, 0.1) is 18.3 Å². The van der Waals surface area contributed by atoms with Gasteiger partial charge < -0.3 is 9.50 Å². The molecule has 3 aromatic rings. The molecule has 1 aliphatic heterocycles. The summed E-state index contributed by atoms with van der Waals surface area (Å²) in [7, 11) is -6.01. The van der Waals surface area contributed by atoms with Crippen molar-refractivity contribution in [1.82, 2.24) is 20.1 Å². The lowest BCUT2D eigenvalue weighted by Gasteiger charge is -2.12. The highest BCUT2D eigenvalue weighted by Crippen LogP contribution is 2.40. The van der Waals surface area contributed by atoms with Crippen molar-refractivity contribution in [2.45, 2.75) is 18.5 Å². The lowest BCUT2D eigenvalue weighted by Crippen LogP contribution is -2.28. The topological polar surface area (TPSA) is 86.1 Å². The van der Waals surface area contributed by atoms with E-state index in [1.807, 2.05) is 0 Å². The van der Waals surface area contributed by atoms with Crippen LogP contribution in [0.4, 0.5) is 22.0 Å². The van der Waals surface area contributed by atoms with Crippen molar-refractivity contribution < 1.29 is 34.6 Å². The Morgan fingerprint density at radius 2 is 2.09 bits per heavy atom. The average molecular weight is 506 g/mol. The van der Waals surface area contributed by atoms with Gasteiger partial charge in [-0.05, 0) is 23.6 Å². The van der Waals surface area contributed by atoms with Crippen LogP contribution in [-0.4, -0.2) is 41.8 Å². The molecule has 0 fully saturated rings. The van der Waals surface area contributed by atoms with Gasteiger partial charge in [-0.1, -0.05) is 0 Å². The first-order valence-electron chi connectivity index (χ1n) is 9.44. The minimum Gasteiger partial charge on any atom is -0.355 e. The Kier molecular flexibility index (Phi) is 6.24. The smallest absolute Gasteiger partial charge is 0.355 e. The molecule has 0 saturated carbocycles. The predicted molar refractivity (Wildman–Crippen MR) is 112 cm³/mol. The van der Waals surface area contributed by atoms with E-state index in [1.165, 1.54) is 11.4 Å². The fourth-order valence-corrected chi connectivity index (χ4v) is 4.63. The Morgan fingerprint density at radius 1 is 1.30 bits per heavy atom. The number of allylic oxidation sites excluding steroid dienone is 2. The van der Waals surface area contributed by atoms with Crippen molar-refractivity contribution >= 4 is 37.6 Å². The number of thiophene rings is 1. The first-order chi connectivity index (χ1) is 15.6. The summed E-state index contributed by atoms with van der Waals surface area (Å²) in [5.41, 5.74) is -4.70. The van der Waals surface area contributed by atoms with Crippen molar-refractivity contribution in [3.8, 4) is 17.3 Å². The van der Waals surface area contributed by atoms with Crippen LogP contribution in [0.25, 0.3) is 27.6 Å². The quantitative estimate of drug-likeness (QED) is 0.240. The number of nitrogens with zero attached hydrogens (tertiary/aromatic N) is 3. The van der Waals surface area contributed by atoms with E-state index in [0.29, 0.717) is 32.1 Å². The molecule has 7 nitrogen and oxygen atoms in total. The maximum Gasteiger partial charge on any atom is 0.534 e. The van der Waals surface area contributed by atoms with Crippen molar-refractivity contribution in [3.63, 3.8) is 0 Å². The van der Waals surface area contributed by atoms with Gasteiger partial charge in [0, 0.05) is 41.5 Å². The Morgan fingerprint density at radius 3 is 2.82 bits per heavy atom. The van der Waals surface area contributed by atoms with Crippen molar-refractivity contribution in [2.24, 2.45) is 0 Å². The third kappa shape index (κ3) is 4.63. The molecule has 33 heavy (non-hydrogen) atoms. The molecule has 0 saturated heterocycles. The van der Waals surface area contributed by atoms with Crippen molar-refractivity contribution in [1.29, 1.82) is 0 Å². The Balaban J connectivity index is 1.96. The van der Waals surface area contributed by atoms with E-state index in [9.17, 15) is 30.4 Å². The van der Waals surface area contributed by atoms with Gasteiger partial charge in [0.25, 0.3) is 0 Å². The number of pyridine rings is 1. The van der Waals surface area contributed by atoms with Gasteiger partial charge >= 0.3 is 15.6 Å². The SMILES string of the molecule is O=S(=O)(Oc1nc(-c2cc3n(n2)CCNCC3)c(C=C(F)/C=C/F)c2sccc12)C(F)(F)F. The van der Waals surface area contributed by atoms with E-state index >= 15 is 0 Å². The van der Waals surface area contributed by atoms with Gasteiger partial charge in [-0.15, -0.1) is 11.3 Å². The Hall–Kier alpha value is -2.84. The molecule has 0 atom stereocenters. The third-order valence-electron chi connectivity index (χ3n) is 4.75. The second-order valence-electron chi connectivity index (χ2n) is 6.89. The largest absolute Gasteiger partial charge is 0.534 e. The predicted octanol–water partition coefficient (Wildman–Crippen LogP) is 4.33. The first-order valence-corrected chi connectivity index (χ1v) is 11.7. The monoisotopic (exact) mass is 506 g/mol. The minimum atomic E-state index is -6.01. The summed E-state index contributed by atoms with van der Waals surface area (Å²) >= 11 is 0.999. The average Bonchev–Trinajstić information content (AvgIpc) is 3.31. The van der Waals surface area contributed by atoms with E-state index in [1.54, 1.807) is 10.7 Å². The van der Waals surface area contributed by atoms with E-state index in [4.69, 9.17) is 0 Å². The molecule has 4 rings (SSSR count). The fraction of sp³-hybridized carbons (Fsp3) is 0.263. The molecule has 0 aromatic carbocycles. The molecule has 14 heteroatoms. The van der Waals surface area contributed by atoms with E-state index in [0.717, 1.165) is 23.1 Å². The number of alkyl halides is 3. The number of aromatic nitrogens is 3. The van der Waals surface area contributed by atoms with Crippen LogP contribution in [0.5, 0.6) is 5.88 Å². The van der Waals surface area contributed by atoms with Gasteiger partial charge in [0.2, 0.25) is 5.88 Å². The lowest BCUT2D eigenvalue weighted by atomic mass is 10.1. The van der Waals surface area contributed by atoms with Crippen molar-refractivity contribution in [2.75, 3.05) is 13.1 Å². The minimum absolute atomic E-state index is 0.0102. The van der Waals surface area contributed by atoms with Crippen molar-refractivity contribution in [3.05, 3.63) is 47.0 Å². The van der Waals surface area contributed by atoms with Crippen LogP contribution < -0.4 is 9.50 Å². The molecule has 1 aliphatic rings. The third-order valence-corrected chi connectivity index (χ3v) is 6.64.